The van der Waals surface area contributed by atoms with Gasteiger partial charge in [-0.3, -0.25) is 14.5 Å². The second-order valence-electron chi connectivity index (χ2n) is 9.36. The Hall–Kier alpha value is -2.34. The standard InChI is InChI=1S/C23H34F3N5O3S/c1-5-6-9-16(17(32)14-28-35-20-10-7-8-12-27-20)29-21(33)34-19(22(2,3)4)15-31-13-11-18(30-31)23(24,25)26/h7-8,10,12,16,19,28H,5-6,9,11,13-15H2,1-4H3,(H,29,33)/t16-,19+/m0/s1. The van der Waals surface area contributed by atoms with Gasteiger partial charge < -0.3 is 10.1 Å². The van der Waals surface area contributed by atoms with Crippen LogP contribution in [0.5, 0.6) is 0 Å². The molecule has 0 aliphatic carbocycles. The normalized spacial score (nSPS) is 16.0. The first-order valence-corrected chi connectivity index (χ1v) is 12.4. The number of hydrogen-bond donors (Lipinski definition) is 2. The monoisotopic (exact) mass is 517 g/mol. The molecule has 2 heterocycles. The zero-order valence-corrected chi connectivity index (χ0v) is 21.3. The SMILES string of the molecule is CCCC[C@H](NC(=O)O[C@H](CN1CCC(C(F)(F)F)=N1)C(C)(C)C)C(=O)CNSc1ccccn1. The molecule has 1 aromatic rings. The Morgan fingerprint density at radius 3 is 2.57 bits per heavy atom. The Balaban J connectivity index is 1.96. The molecule has 0 radical (unpaired) electrons. The number of pyridine rings is 1. The van der Waals surface area contributed by atoms with Crippen molar-refractivity contribution in [2.45, 2.75) is 76.7 Å². The van der Waals surface area contributed by atoms with Gasteiger partial charge in [0.25, 0.3) is 0 Å². The van der Waals surface area contributed by atoms with Crippen molar-refractivity contribution >= 4 is 29.5 Å². The summed E-state index contributed by atoms with van der Waals surface area (Å²) in [5.74, 6) is -0.204. The van der Waals surface area contributed by atoms with E-state index in [0.29, 0.717) is 11.4 Å². The van der Waals surface area contributed by atoms with Gasteiger partial charge in [0.15, 0.2) is 5.78 Å². The lowest BCUT2D eigenvalue weighted by Gasteiger charge is -2.33. The van der Waals surface area contributed by atoms with Crippen LogP contribution in [0.3, 0.4) is 0 Å². The number of carbonyl (C=O) groups excluding carboxylic acids is 2. The minimum absolute atomic E-state index is 0.0152. The quantitative estimate of drug-likeness (QED) is 0.392. The lowest BCUT2D eigenvalue weighted by molar-refractivity contribution is -0.120. The van der Waals surface area contributed by atoms with Crippen LogP contribution in [0.2, 0.25) is 0 Å². The number of aromatic nitrogens is 1. The number of carbonyl (C=O) groups is 2. The van der Waals surface area contributed by atoms with Crippen LogP contribution < -0.4 is 10.0 Å². The minimum Gasteiger partial charge on any atom is -0.444 e. The van der Waals surface area contributed by atoms with Crippen LogP contribution in [0.15, 0.2) is 34.5 Å². The predicted molar refractivity (Wildman–Crippen MR) is 129 cm³/mol. The number of amides is 1. The van der Waals surface area contributed by atoms with Crippen LogP contribution in [0, 0.1) is 5.41 Å². The van der Waals surface area contributed by atoms with Gasteiger partial charge in [0.2, 0.25) is 0 Å². The maximum atomic E-state index is 12.9. The van der Waals surface area contributed by atoms with E-state index < -0.39 is 35.5 Å². The van der Waals surface area contributed by atoms with Crippen molar-refractivity contribution < 1.29 is 27.5 Å². The highest BCUT2D eigenvalue weighted by Gasteiger charge is 2.40. The summed E-state index contributed by atoms with van der Waals surface area (Å²) in [6.45, 7) is 7.60. The average Bonchev–Trinajstić information content (AvgIpc) is 3.25. The second-order valence-corrected chi connectivity index (χ2v) is 10.3. The molecule has 1 aromatic heterocycles. The maximum Gasteiger partial charge on any atom is 0.431 e. The Kier molecular flexibility index (Phi) is 10.8. The van der Waals surface area contributed by atoms with Crippen LogP contribution in [-0.2, 0) is 9.53 Å². The summed E-state index contributed by atoms with van der Waals surface area (Å²) in [5.41, 5.74) is -1.40. The van der Waals surface area contributed by atoms with Gasteiger partial charge in [-0.2, -0.15) is 18.3 Å². The number of halogens is 3. The van der Waals surface area contributed by atoms with Gasteiger partial charge in [0, 0.05) is 24.6 Å². The lowest BCUT2D eigenvalue weighted by atomic mass is 9.89. The molecule has 0 saturated carbocycles. The molecule has 1 aliphatic heterocycles. The molecule has 8 nitrogen and oxygen atoms in total. The summed E-state index contributed by atoms with van der Waals surface area (Å²) >= 11 is 1.22. The maximum absolute atomic E-state index is 12.9. The Morgan fingerprint density at radius 2 is 2.00 bits per heavy atom. The second kappa shape index (κ2) is 13.1. The van der Waals surface area contributed by atoms with Crippen molar-refractivity contribution in [2.24, 2.45) is 10.5 Å². The van der Waals surface area contributed by atoms with E-state index in [4.69, 9.17) is 4.74 Å². The number of nitrogens with one attached hydrogen (secondary N) is 2. The fourth-order valence-corrected chi connectivity index (χ4v) is 3.88. The molecule has 0 fully saturated rings. The number of hydrogen-bond acceptors (Lipinski definition) is 8. The molecule has 196 valence electrons. The van der Waals surface area contributed by atoms with Gasteiger partial charge in [-0.1, -0.05) is 46.6 Å². The first kappa shape index (κ1) is 28.9. The van der Waals surface area contributed by atoms with Crippen LogP contribution in [-0.4, -0.2) is 65.5 Å². The van der Waals surface area contributed by atoms with Crippen molar-refractivity contribution in [3.8, 4) is 0 Å². The van der Waals surface area contributed by atoms with Gasteiger partial charge in [0.1, 0.15) is 16.8 Å². The highest BCUT2D eigenvalue weighted by Crippen LogP contribution is 2.28. The molecule has 12 heteroatoms. The zero-order valence-electron chi connectivity index (χ0n) is 20.5. The van der Waals surface area contributed by atoms with E-state index >= 15 is 0 Å². The number of ether oxygens (including phenoxy) is 1. The number of alkyl carbamates (subject to hydrolysis) is 1. The average molecular weight is 518 g/mol. The molecule has 0 aromatic carbocycles. The number of rotatable bonds is 12. The molecule has 2 atom stereocenters. The molecule has 0 bridgehead atoms. The third kappa shape index (κ3) is 10.0. The molecule has 0 saturated heterocycles. The number of unbranched alkanes of at least 4 members (excludes halogenated alkanes) is 1. The third-order valence-corrected chi connectivity index (χ3v) is 6.12. The van der Waals surface area contributed by atoms with Crippen molar-refractivity contribution in [1.29, 1.82) is 0 Å². The lowest BCUT2D eigenvalue weighted by Crippen LogP contribution is -2.48. The topological polar surface area (TPSA) is 95.9 Å². The van der Waals surface area contributed by atoms with E-state index in [1.165, 1.54) is 17.0 Å². The van der Waals surface area contributed by atoms with E-state index in [1.54, 1.807) is 18.3 Å². The number of alkyl halides is 3. The summed E-state index contributed by atoms with van der Waals surface area (Å²) in [5, 5.41) is 8.30. The van der Waals surface area contributed by atoms with Gasteiger partial charge in [-0.15, -0.1) is 0 Å². The van der Waals surface area contributed by atoms with E-state index in [9.17, 15) is 22.8 Å². The number of ketones is 1. The number of Topliss-reactive ketones (excluding diaryl/α,β-unsaturated/α-hetero) is 1. The van der Waals surface area contributed by atoms with Crippen LogP contribution in [0.1, 0.15) is 53.4 Å². The fraction of sp³-hybridized carbons (Fsp3) is 0.652. The molecular formula is C23H34F3N5O3S. The van der Waals surface area contributed by atoms with Crippen molar-refractivity contribution in [3.05, 3.63) is 24.4 Å². The van der Waals surface area contributed by atoms with E-state index in [2.05, 4.69) is 20.1 Å². The van der Waals surface area contributed by atoms with Crippen LogP contribution in [0.25, 0.3) is 0 Å². The molecular weight excluding hydrogens is 483 g/mol. The summed E-state index contributed by atoms with van der Waals surface area (Å²) in [6.07, 6.45) is -2.52. The van der Waals surface area contributed by atoms with Crippen molar-refractivity contribution in [1.82, 2.24) is 20.0 Å². The van der Waals surface area contributed by atoms with Gasteiger partial charge >= 0.3 is 12.3 Å². The zero-order chi connectivity index (χ0) is 26.1. The molecule has 1 amide bonds. The molecule has 35 heavy (non-hydrogen) atoms. The smallest absolute Gasteiger partial charge is 0.431 e. The van der Waals surface area contributed by atoms with Gasteiger partial charge in [-0.25, -0.2) is 9.78 Å². The molecule has 2 rings (SSSR count). The first-order chi connectivity index (χ1) is 16.4. The molecule has 0 unspecified atom stereocenters. The summed E-state index contributed by atoms with van der Waals surface area (Å²) in [4.78, 5) is 29.6. The summed E-state index contributed by atoms with van der Waals surface area (Å²) in [7, 11) is 0. The first-order valence-electron chi connectivity index (χ1n) is 11.6. The third-order valence-electron chi connectivity index (χ3n) is 5.38. The van der Waals surface area contributed by atoms with Crippen LogP contribution >= 0.6 is 11.9 Å². The minimum atomic E-state index is -4.47. The van der Waals surface area contributed by atoms with E-state index in [-0.39, 0.29) is 31.8 Å². The highest BCUT2D eigenvalue weighted by molar-refractivity contribution is 7.97. The fourth-order valence-electron chi connectivity index (χ4n) is 3.25. The van der Waals surface area contributed by atoms with Gasteiger partial charge in [0.05, 0.1) is 19.1 Å². The largest absolute Gasteiger partial charge is 0.444 e. The Bertz CT molecular complexity index is 862. The predicted octanol–water partition coefficient (Wildman–Crippen LogP) is 4.57. The number of hydrazone groups is 1. The van der Waals surface area contributed by atoms with Gasteiger partial charge in [-0.05, 0) is 30.5 Å². The van der Waals surface area contributed by atoms with E-state index in [1.807, 2.05) is 33.8 Å². The molecule has 2 N–H and O–H groups in total. The summed E-state index contributed by atoms with van der Waals surface area (Å²) < 4.78 is 47.3. The number of nitrogens with zero attached hydrogens (tertiary/aromatic N) is 3. The van der Waals surface area contributed by atoms with E-state index in [0.717, 1.165) is 12.8 Å². The van der Waals surface area contributed by atoms with Crippen molar-refractivity contribution in [3.63, 3.8) is 0 Å². The van der Waals surface area contributed by atoms with Crippen molar-refractivity contribution in [2.75, 3.05) is 19.6 Å². The summed E-state index contributed by atoms with van der Waals surface area (Å²) in [6, 6.07) is 4.69. The molecule has 0 spiro atoms. The highest BCUT2D eigenvalue weighted by atomic mass is 32.2. The Morgan fingerprint density at radius 1 is 1.26 bits per heavy atom. The molecule has 1 aliphatic rings. The Labute approximate surface area is 208 Å². The van der Waals surface area contributed by atoms with Crippen LogP contribution in [0.4, 0.5) is 18.0 Å².